The van der Waals surface area contributed by atoms with E-state index in [2.05, 4.69) is 6.58 Å². The Morgan fingerprint density at radius 3 is 2.38 bits per heavy atom. The third-order valence-corrected chi connectivity index (χ3v) is 8.31. The molecule has 4 aliphatic rings. The number of primary amides is 1. The Bertz CT molecular complexity index is 1270. The first-order chi connectivity index (χ1) is 17.3. The van der Waals surface area contributed by atoms with E-state index in [-0.39, 0.29) is 16.7 Å². The standard InChI is InChI=1S/C26H28N2O9/c1-9-11-5-4-6-12(29)14(11)19(30)15-13(9)21(37-25(35)10-7-8-10)17-18(28(2)3)20(31)16(24(27)34)23(33)26(17,36)22(15)32/h4-6,10,13,15-18,20-21,29,31,36H,1,7-8H2,2-3H3,(H2,27,34)/t13-,15?,16?,17-,18+,20?,21+,26+/m1/s1. The molecule has 1 aromatic rings. The molecule has 5 rings (SSSR count). The van der Waals surface area contributed by atoms with E-state index < -0.39 is 88.4 Å². The van der Waals surface area contributed by atoms with E-state index >= 15 is 0 Å². The van der Waals surface area contributed by atoms with Crippen LogP contribution in [0.2, 0.25) is 0 Å². The summed E-state index contributed by atoms with van der Waals surface area (Å²) >= 11 is 0. The monoisotopic (exact) mass is 512 g/mol. The minimum atomic E-state index is -2.98. The first-order valence-electron chi connectivity index (χ1n) is 12.0. The lowest BCUT2D eigenvalue weighted by Crippen LogP contribution is -2.78. The number of benzene rings is 1. The van der Waals surface area contributed by atoms with Gasteiger partial charge in [-0.2, -0.15) is 0 Å². The number of fused-ring (bicyclic) bond motifs is 3. The fourth-order valence-electron chi connectivity index (χ4n) is 6.45. The topological polar surface area (TPSA) is 185 Å². The van der Waals surface area contributed by atoms with Crippen LogP contribution in [-0.2, 0) is 23.9 Å². The average molecular weight is 513 g/mol. The molecule has 3 unspecified atom stereocenters. The molecular weight excluding hydrogens is 484 g/mol. The number of likely N-dealkylation sites (N-methyl/N-ethyl adjacent to an activating group) is 1. The molecule has 0 aliphatic heterocycles. The maximum Gasteiger partial charge on any atom is 0.309 e. The van der Waals surface area contributed by atoms with Crippen molar-refractivity contribution in [3.8, 4) is 5.75 Å². The number of phenols is 1. The minimum absolute atomic E-state index is 0.199. The van der Waals surface area contributed by atoms with E-state index in [9.17, 15) is 39.3 Å². The van der Waals surface area contributed by atoms with Gasteiger partial charge in [0, 0.05) is 12.0 Å². The van der Waals surface area contributed by atoms with Crippen LogP contribution in [0.25, 0.3) is 5.57 Å². The van der Waals surface area contributed by atoms with Crippen LogP contribution in [-0.4, -0.2) is 87.4 Å². The number of carbonyl (C=O) groups is 5. The number of ether oxygens (including phenoxy) is 1. The predicted octanol–water partition coefficient (Wildman–Crippen LogP) is -0.939. The van der Waals surface area contributed by atoms with Crippen molar-refractivity contribution < 1.29 is 44.0 Å². The second-order valence-electron chi connectivity index (χ2n) is 10.6. The zero-order valence-corrected chi connectivity index (χ0v) is 20.3. The normalized spacial score (nSPS) is 37.1. The van der Waals surface area contributed by atoms with Crippen molar-refractivity contribution in [3.05, 3.63) is 35.9 Å². The highest BCUT2D eigenvalue weighted by Crippen LogP contribution is 2.55. The molecule has 37 heavy (non-hydrogen) atoms. The summed E-state index contributed by atoms with van der Waals surface area (Å²) in [5.41, 5.74) is 2.67. The van der Waals surface area contributed by atoms with Crippen LogP contribution in [0.5, 0.6) is 5.75 Å². The second-order valence-corrected chi connectivity index (χ2v) is 10.6. The number of aliphatic hydroxyl groups is 2. The average Bonchev–Trinajstić information content (AvgIpc) is 3.66. The van der Waals surface area contributed by atoms with Crippen LogP contribution in [0.4, 0.5) is 0 Å². The van der Waals surface area contributed by atoms with Gasteiger partial charge in [-0.3, -0.25) is 24.0 Å². The van der Waals surface area contributed by atoms with Gasteiger partial charge in [0.2, 0.25) is 5.91 Å². The summed E-state index contributed by atoms with van der Waals surface area (Å²) in [6.07, 6.45) is -2.02. The van der Waals surface area contributed by atoms with Crippen molar-refractivity contribution in [2.75, 3.05) is 14.1 Å². The number of hydrogen-bond donors (Lipinski definition) is 4. The molecule has 8 atom stereocenters. The summed E-state index contributed by atoms with van der Waals surface area (Å²) in [6.45, 7) is 4.06. The number of esters is 1. The maximum atomic E-state index is 14.0. The second kappa shape index (κ2) is 8.30. The molecule has 0 spiro atoms. The number of hydrogen-bond acceptors (Lipinski definition) is 10. The quantitative estimate of drug-likeness (QED) is 0.290. The van der Waals surface area contributed by atoms with Crippen molar-refractivity contribution in [1.29, 1.82) is 0 Å². The number of Topliss-reactive ketones (excluding diaryl/α,β-unsaturated/α-hetero) is 3. The van der Waals surface area contributed by atoms with E-state index in [1.54, 1.807) is 0 Å². The van der Waals surface area contributed by atoms with E-state index in [1.165, 1.54) is 37.2 Å². The SMILES string of the molecule is C=C1c2cccc(O)c2C(=O)C2C(=O)[C@]3(O)C(=O)C(C(N)=O)C(O)[C@@H](N(C)C)[C@@H]3[C@@H](OC(=O)C3CC3)[C@H]12. The summed E-state index contributed by atoms with van der Waals surface area (Å²) in [6, 6.07) is 3.04. The number of carbonyl (C=O) groups excluding carboxylic acids is 5. The smallest absolute Gasteiger partial charge is 0.309 e. The van der Waals surface area contributed by atoms with Crippen LogP contribution >= 0.6 is 0 Å². The number of amides is 1. The molecule has 1 aromatic carbocycles. The molecule has 0 saturated heterocycles. The molecule has 1 amide bonds. The number of aromatic hydroxyl groups is 1. The number of phenolic OH excluding ortho intramolecular Hbond substituents is 1. The van der Waals surface area contributed by atoms with E-state index in [0.717, 1.165) is 0 Å². The van der Waals surface area contributed by atoms with E-state index in [1.807, 2.05) is 0 Å². The fourth-order valence-corrected chi connectivity index (χ4v) is 6.45. The summed E-state index contributed by atoms with van der Waals surface area (Å²) < 4.78 is 5.87. The van der Waals surface area contributed by atoms with Crippen LogP contribution < -0.4 is 5.73 Å². The number of nitrogens with zero attached hydrogens (tertiary/aromatic N) is 1. The van der Waals surface area contributed by atoms with Gasteiger partial charge in [-0.1, -0.05) is 18.7 Å². The van der Waals surface area contributed by atoms with Gasteiger partial charge in [0.1, 0.15) is 17.8 Å². The van der Waals surface area contributed by atoms with Crippen molar-refractivity contribution in [1.82, 2.24) is 4.90 Å². The van der Waals surface area contributed by atoms with Crippen molar-refractivity contribution in [2.45, 2.75) is 36.7 Å². The minimum Gasteiger partial charge on any atom is -0.507 e. The Kier molecular flexibility index (Phi) is 5.67. The molecule has 3 fully saturated rings. The van der Waals surface area contributed by atoms with Crippen LogP contribution in [0.1, 0.15) is 28.8 Å². The van der Waals surface area contributed by atoms with Crippen molar-refractivity contribution in [3.63, 3.8) is 0 Å². The molecule has 4 aliphatic carbocycles. The lowest BCUT2D eigenvalue weighted by Gasteiger charge is -2.57. The van der Waals surface area contributed by atoms with Crippen molar-refractivity contribution in [2.24, 2.45) is 35.3 Å². The Morgan fingerprint density at radius 1 is 1.16 bits per heavy atom. The summed E-state index contributed by atoms with van der Waals surface area (Å²) in [5, 5.41) is 33.5. The lowest BCUT2D eigenvalue weighted by molar-refractivity contribution is -0.212. The van der Waals surface area contributed by atoms with Gasteiger partial charge < -0.3 is 30.7 Å². The molecule has 5 N–H and O–H groups in total. The molecule has 0 heterocycles. The third kappa shape index (κ3) is 3.34. The molecule has 11 heteroatoms. The summed E-state index contributed by atoms with van der Waals surface area (Å²) in [7, 11) is 3.01. The third-order valence-electron chi connectivity index (χ3n) is 8.31. The molecule has 3 saturated carbocycles. The van der Waals surface area contributed by atoms with Gasteiger partial charge in [-0.15, -0.1) is 0 Å². The van der Waals surface area contributed by atoms with E-state index in [4.69, 9.17) is 10.5 Å². The first kappa shape index (κ1) is 25.2. The molecular formula is C26H28N2O9. The molecule has 0 aromatic heterocycles. The highest BCUT2D eigenvalue weighted by molar-refractivity contribution is 6.27. The molecule has 0 bridgehead atoms. The van der Waals surface area contributed by atoms with Crippen LogP contribution in [0.15, 0.2) is 24.8 Å². The fraction of sp³-hybridized carbons (Fsp3) is 0.500. The Morgan fingerprint density at radius 2 is 1.81 bits per heavy atom. The van der Waals surface area contributed by atoms with Gasteiger partial charge in [-0.05, 0) is 44.1 Å². The number of ketones is 3. The van der Waals surface area contributed by atoms with Crippen LogP contribution in [0, 0.1) is 29.6 Å². The largest absolute Gasteiger partial charge is 0.507 e. The summed E-state index contributed by atoms with van der Waals surface area (Å²) in [4.78, 5) is 67.9. The zero-order chi connectivity index (χ0) is 27.1. The zero-order valence-electron chi connectivity index (χ0n) is 20.3. The molecule has 11 nitrogen and oxygen atoms in total. The molecule has 0 radical (unpaired) electrons. The Hall–Kier alpha value is -3.41. The van der Waals surface area contributed by atoms with Gasteiger partial charge in [-0.25, -0.2) is 0 Å². The van der Waals surface area contributed by atoms with Gasteiger partial charge >= 0.3 is 5.97 Å². The van der Waals surface area contributed by atoms with Gasteiger partial charge in [0.25, 0.3) is 0 Å². The van der Waals surface area contributed by atoms with Crippen LogP contribution in [0.3, 0.4) is 0 Å². The highest BCUT2D eigenvalue weighted by atomic mass is 16.5. The first-order valence-corrected chi connectivity index (χ1v) is 12.0. The highest BCUT2D eigenvalue weighted by Gasteiger charge is 2.73. The Balaban J connectivity index is 1.76. The van der Waals surface area contributed by atoms with Crippen molar-refractivity contribution >= 4 is 34.8 Å². The number of rotatable bonds is 4. The van der Waals surface area contributed by atoms with E-state index in [0.29, 0.717) is 12.8 Å². The predicted molar refractivity (Wildman–Crippen MR) is 126 cm³/mol. The lowest BCUT2D eigenvalue weighted by atomic mass is 9.50. The Labute approximate surface area is 211 Å². The number of nitrogens with two attached hydrogens (primary N) is 1. The van der Waals surface area contributed by atoms with Gasteiger partial charge in [0.05, 0.1) is 29.4 Å². The molecule has 196 valence electrons. The number of aliphatic hydroxyl groups excluding tert-OH is 1. The van der Waals surface area contributed by atoms with Gasteiger partial charge in [0.15, 0.2) is 23.0 Å². The maximum absolute atomic E-state index is 14.0. The summed E-state index contributed by atoms with van der Waals surface area (Å²) in [5.74, 6) is -12.5.